The maximum Gasteiger partial charge on any atom is 0.407 e. The zero-order valence-corrected chi connectivity index (χ0v) is 17.8. The lowest BCUT2D eigenvalue weighted by atomic mass is 9.98. The molecule has 1 saturated carbocycles. The van der Waals surface area contributed by atoms with E-state index < -0.39 is 12.1 Å². The molecule has 0 bridgehead atoms. The van der Waals surface area contributed by atoms with Crippen LogP contribution >= 0.6 is 0 Å². The number of fused-ring (bicyclic) bond motifs is 3. The quantitative estimate of drug-likeness (QED) is 0.553. The molecule has 0 saturated heterocycles. The van der Waals surface area contributed by atoms with E-state index in [2.05, 4.69) is 34.9 Å². The predicted octanol–water partition coefficient (Wildman–Crippen LogP) is 3.31. The van der Waals surface area contributed by atoms with Crippen LogP contribution in [0, 0.1) is 11.8 Å². The Balaban J connectivity index is 1.23. The van der Waals surface area contributed by atoms with Crippen LogP contribution < -0.4 is 10.6 Å². The van der Waals surface area contributed by atoms with E-state index in [9.17, 15) is 14.4 Å². The highest BCUT2D eigenvalue weighted by Crippen LogP contribution is 2.44. The number of carbonyl (C=O) groups excluding carboxylic acids is 2. The number of rotatable bonds is 8. The van der Waals surface area contributed by atoms with Crippen LogP contribution in [0.25, 0.3) is 11.1 Å². The second-order valence-electron chi connectivity index (χ2n) is 8.24. The second-order valence-corrected chi connectivity index (χ2v) is 8.24. The normalized spacial score (nSPS) is 19.0. The lowest BCUT2D eigenvalue weighted by Gasteiger charge is -2.14. The molecular weight excluding hydrogens is 408 g/mol. The maximum absolute atomic E-state index is 12.2. The lowest BCUT2D eigenvalue weighted by molar-refractivity contribution is -0.139. The smallest absolute Gasteiger partial charge is 0.407 e. The fourth-order valence-corrected chi connectivity index (χ4v) is 4.17. The van der Waals surface area contributed by atoms with Crippen molar-refractivity contribution in [1.82, 2.24) is 10.6 Å². The van der Waals surface area contributed by atoms with Crippen LogP contribution in [-0.2, 0) is 14.3 Å². The Hall–Kier alpha value is -3.61. The van der Waals surface area contributed by atoms with Crippen molar-refractivity contribution in [2.75, 3.05) is 19.7 Å². The number of hydrogen-bond donors (Lipinski definition) is 3. The number of hydrogen-bond acceptors (Lipinski definition) is 4. The third-order valence-electron chi connectivity index (χ3n) is 6.12. The molecule has 2 aromatic rings. The van der Waals surface area contributed by atoms with E-state index in [4.69, 9.17) is 9.84 Å². The van der Waals surface area contributed by atoms with Gasteiger partial charge < -0.3 is 20.5 Å². The molecule has 2 atom stereocenters. The average molecular weight is 434 g/mol. The zero-order chi connectivity index (χ0) is 22.7. The predicted molar refractivity (Wildman–Crippen MR) is 119 cm³/mol. The van der Waals surface area contributed by atoms with Crippen LogP contribution in [0.1, 0.15) is 30.4 Å². The molecule has 0 heterocycles. The van der Waals surface area contributed by atoms with E-state index in [1.165, 1.54) is 11.1 Å². The minimum absolute atomic E-state index is 0.00296. The number of aliphatic carboxylic acids is 1. The van der Waals surface area contributed by atoms with Gasteiger partial charge in [0.05, 0.1) is 5.92 Å². The second kappa shape index (κ2) is 9.26. The minimum atomic E-state index is -0.816. The first-order valence-corrected chi connectivity index (χ1v) is 10.7. The Labute approximate surface area is 186 Å². The van der Waals surface area contributed by atoms with Gasteiger partial charge >= 0.3 is 12.1 Å². The van der Waals surface area contributed by atoms with Crippen LogP contribution in [0.2, 0.25) is 0 Å². The fraction of sp³-hybridized carbons (Fsp3) is 0.320. The molecule has 0 unspecified atom stereocenters. The van der Waals surface area contributed by atoms with E-state index in [1.54, 1.807) is 13.0 Å². The number of amides is 2. The number of benzene rings is 2. The molecule has 0 aliphatic heterocycles. The Kier molecular flexibility index (Phi) is 6.25. The zero-order valence-electron chi connectivity index (χ0n) is 17.8. The SMILES string of the molecule is C/C(=C\CNC(=O)OCC1c2ccccc2-c2ccccc21)C(=O)NC[C@H]1C[C@H]1C(=O)O. The van der Waals surface area contributed by atoms with Gasteiger partial charge in [0.15, 0.2) is 0 Å². The van der Waals surface area contributed by atoms with Gasteiger partial charge in [-0.15, -0.1) is 0 Å². The highest BCUT2D eigenvalue weighted by atomic mass is 16.5. The standard InChI is InChI=1S/C25H26N2O5/c1-15(23(28)27-13-16-12-21(16)24(29)30)10-11-26-25(31)32-14-22-19-8-4-2-6-17(19)18-7-3-5-9-20(18)22/h2-10,16,21-22H,11-14H2,1H3,(H,26,31)(H,27,28)(H,29,30)/b15-10+/t16-,21-/m1/s1. The van der Waals surface area contributed by atoms with E-state index >= 15 is 0 Å². The Morgan fingerprint density at radius 1 is 1.03 bits per heavy atom. The third kappa shape index (κ3) is 4.66. The van der Waals surface area contributed by atoms with Crippen molar-refractivity contribution in [2.24, 2.45) is 11.8 Å². The molecule has 2 aliphatic carbocycles. The van der Waals surface area contributed by atoms with Gasteiger partial charge in [-0.3, -0.25) is 9.59 Å². The van der Waals surface area contributed by atoms with Crippen molar-refractivity contribution in [2.45, 2.75) is 19.3 Å². The topological polar surface area (TPSA) is 105 Å². The molecule has 1 fully saturated rings. The van der Waals surface area contributed by atoms with Gasteiger partial charge in [0.25, 0.3) is 0 Å². The number of carboxylic acid groups (broad SMARTS) is 1. The summed E-state index contributed by atoms with van der Waals surface area (Å²) in [4.78, 5) is 35.1. The lowest BCUT2D eigenvalue weighted by Crippen LogP contribution is -2.29. The van der Waals surface area contributed by atoms with Gasteiger partial charge in [-0.05, 0) is 41.5 Å². The number of alkyl carbamates (subject to hydrolysis) is 1. The van der Waals surface area contributed by atoms with Crippen LogP contribution in [-0.4, -0.2) is 42.8 Å². The molecule has 2 aromatic carbocycles. The summed E-state index contributed by atoms with van der Waals surface area (Å²) in [6.07, 6.45) is 1.67. The van der Waals surface area contributed by atoms with Crippen molar-refractivity contribution < 1.29 is 24.2 Å². The van der Waals surface area contributed by atoms with Crippen LogP contribution in [0.4, 0.5) is 4.79 Å². The molecule has 7 nitrogen and oxygen atoms in total. The maximum atomic E-state index is 12.2. The number of ether oxygens (including phenoxy) is 1. The van der Waals surface area contributed by atoms with Crippen molar-refractivity contribution in [3.05, 3.63) is 71.3 Å². The molecular formula is C25H26N2O5. The summed E-state index contributed by atoms with van der Waals surface area (Å²) in [5, 5.41) is 14.3. The van der Waals surface area contributed by atoms with Gasteiger partial charge in [-0.25, -0.2) is 4.79 Å². The monoisotopic (exact) mass is 434 g/mol. The third-order valence-corrected chi connectivity index (χ3v) is 6.12. The van der Waals surface area contributed by atoms with Gasteiger partial charge in [0.1, 0.15) is 6.61 Å². The van der Waals surface area contributed by atoms with Gasteiger partial charge in [-0.1, -0.05) is 54.6 Å². The highest BCUT2D eigenvalue weighted by molar-refractivity contribution is 5.93. The Morgan fingerprint density at radius 2 is 1.66 bits per heavy atom. The summed E-state index contributed by atoms with van der Waals surface area (Å²) >= 11 is 0. The molecule has 7 heteroatoms. The molecule has 2 amide bonds. The molecule has 32 heavy (non-hydrogen) atoms. The molecule has 166 valence electrons. The molecule has 0 aromatic heterocycles. The number of nitrogens with one attached hydrogen (secondary N) is 2. The fourth-order valence-electron chi connectivity index (χ4n) is 4.17. The summed E-state index contributed by atoms with van der Waals surface area (Å²) < 4.78 is 5.47. The molecule has 3 N–H and O–H groups in total. The number of carboxylic acids is 1. The van der Waals surface area contributed by atoms with Crippen molar-refractivity contribution >= 4 is 18.0 Å². The first-order chi connectivity index (χ1) is 15.5. The van der Waals surface area contributed by atoms with Gasteiger partial charge in [0.2, 0.25) is 5.91 Å². The van der Waals surface area contributed by atoms with E-state index in [-0.39, 0.29) is 36.8 Å². The van der Waals surface area contributed by atoms with Crippen molar-refractivity contribution in [1.29, 1.82) is 0 Å². The molecule has 0 spiro atoms. The average Bonchev–Trinajstić information content (AvgIpc) is 3.51. The first kappa shape index (κ1) is 21.6. The van der Waals surface area contributed by atoms with E-state index in [0.29, 0.717) is 18.5 Å². The van der Waals surface area contributed by atoms with E-state index in [0.717, 1.165) is 11.1 Å². The highest BCUT2D eigenvalue weighted by Gasteiger charge is 2.43. The summed E-state index contributed by atoms with van der Waals surface area (Å²) in [6.45, 7) is 2.39. The van der Waals surface area contributed by atoms with Crippen LogP contribution in [0.3, 0.4) is 0 Å². The van der Waals surface area contributed by atoms with Crippen molar-refractivity contribution in [3.63, 3.8) is 0 Å². The first-order valence-electron chi connectivity index (χ1n) is 10.7. The minimum Gasteiger partial charge on any atom is -0.481 e. The molecule has 4 rings (SSSR count). The summed E-state index contributed by atoms with van der Waals surface area (Å²) in [5.74, 6) is -1.44. The van der Waals surface area contributed by atoms with E-state index in [1.807, 2.05) is 24.3 Å². The Bertz CT molecular complexity index is 1030. The Morgan fingerprint density at radius 3 is 2.25 bits per heavy atom. The number of carbonyl (C=O) groups is 3. The summed E-state index contributed by atoms with van der Waals surface area (Å²) in [7, 11) is 0. The molecule has 2 aliphatic rings. The van der Waals surface area contributed by atoms with Crippen LogP contribution in [0.15, 0.2) is 60.2 Å². The van der Waals surface area contributed by atoms with Gasteiger partial charge in [0, 0.05) is 24.6 Å². The largest absolute Gasteiger partial charge is 0.481 e. The van der Waals surface area contributed by atoms with Crippen LogP contribution in [0.5, 0.6) is 0 Å². The van der Waals surface area contributed by atoms with Gasteiger partial charge in [-0.2, -0.15) is 0 Å². The summed E-state index contributed by atoms with van der Waals surface area (Å²) in [5.41, 5.74) is 5.09. The van der Waals surface area contributed by atoms with Crippen molar-refractivity contribution in [3.8, 4) is 11.1 Å². The summed E-state index contributed by atoms with van der Waals surface area (Å²) in [6, 6.07) is 16.3. The molecule has 0 radical (unpaired) electrons.